The second kappa shape index (κ2) is 8.56. The quantitative estimate of drug-likeness (QED) is 0.508. The number of hydrogen-bond donors (Lipinski definition) is 0. The van der Waals surface area contributed by atoms with Gasteiger partial charge in [0.15, 0.2) is 0 Å². The third kappa shape index (κ3) is 3.73. The molecule has 0 aromatic heterocycles. The Balaban J connectivity index is 1.52. The van der Waals surface area contributed by atoms with Crippen molar-refractivity contribution in [1.29, 1.82) is 0 Å². The van der Waals surface area contributed by atoms with Crippen molar-refractivity contribution in [3.05, 3.63) is 23.8 Å². The summed E-state index contributed by atoms with van der Waals surface area (Å²) in [4.78, 5) is 54.3. The molecule has 9 heteroatoms. The molecule has 3 aliphatic rings. The van der Waals surface area contributed by atoms with Crippen LogP contribution in [0.1, 0.15) is 50.1 Å². The number of ether oxygens (including phenoxy) is 2. The Kier molecular flexibility index (Phi) is 5.84. The van der Waals surface area contributed by atoms with Crippen molar-refractivity contribution in [2.24, 2.45) is 0 Å². The first kappa shape index (κ1) is 21.1. The summed E-state index contributed by atoms with van der Waals surface area (Å²) in [5.74, 6) is -0.813. The molecule has 2 saturated heterocycles. The number of methoxy groups -OCH3 is 2. The van der Waals surface area contributed by atoms with Crippen LogP contribution in [0.3, 0.4) is 0 Å². The third-order valence-corrected chi connectivity index (χ3v) is 6.44. The largest absolute Gasteiger partial charge is 0.497 e. The van der Waals surface area contributed by atoms with Crippen molar-refractivity contribution in [3.63, 3.8) is 0 Å². The lowest BCUT2D eigenvalue weighted by Gasteiger charge is -2.28. The molecular weight excluding hydrogens is 402 g/mol. The average molecular weight is 429 g/mol. The molecule has 166 valence electrons. The molecule has 0 radical (unpaired) electrons. The van der Waals surface area contributed by atoms with E-state index in [9.17, 15) is 19.2 Å². The van der Waals surface area contributed by atoms with Gasteiger partial charge in [0.25, 0.3) is 0 Å². The van der Waals surface area contributed by atoms with Gasteiger partial charge in [-0.1, -0.05) is 12.8 Å². The van der Waals surface area contributed by atoms with Crippen LogP contribution in [0, 0.1) is 0 Å². The number of carbonyl (C=O) groups is 4. The highest BCUT2D eigenvalue weighted by Gasteiger charge is 2.49. The maximum atomic E-state index is 13.1. The van der Waals surface area contributed by atoms with E-state index in [1.165, 1.54) is 0 Å². The molecule has 0 spiro atoms. The molecule has 1 aromatic carbocycles. The van der Waals surface area contributed by atoms with E-state index in [4.69, 9.17) is 9.47 Å². The van der Waals surface area contributed by atoms with Crippen LogP contribution in [-0.2, 0) is 14.4 Å². The Labute approximate surface area is 180 Å². The normalized spacial score (nSPS) is 22.1. The van der Waals surface area contributed by atoms with Gasteiger partial charge in [-0.15, -0.1) is 0 Å². The topological polar surface area (TPSA) is 96.5 Å². The fourth-order valence-corrected chi connectivity index (χ4v) is 4.86. The summed E-state index contributed by atoms with van der Waals surface area (Å²) in [5.41, 5.74) is 0.815. The fourth-order valence-electron chi connectivity index (χ4n) is 4.86. The van der Waals surface area contributed by atoms with Gasteiger partial charge in [-0.25, -0.2) is 9.69 Å². The zero-order chi connectivity index (χ0) is 22.1. The lowest BCUT2D eigenvalue weighted by atomic mass is 10.0. The number of amides is 5. The van der Waals surface area contributed by atoms with Crippen LogP contribution in [0.15, 0.2) is 18.2 Å². The van der Waals surface area contributed by atoms with Gasteiger partial charge >= 0.3 is 17.8 Å². The van der Waals surface area contributed by atoms with Gasteiger partial charge < -0.3 is 14.4 Å². The van der Waals surface area contributed by atoms with Gasteiger partial charge in [0.1, 0.15) is 18.0 Å². The summed E-state index contributed by atoms with van der Waals surface area (Å²) in [6.45, 7) is 0.0653. The summed E-state index contributed by atoms with van der Waals surface area (Å²) in [6.07, 6.45) is 4.77. The van der Waals surface area contributed by atoms with E-state index in [0.717, 1.165) is 41.0 Å². The van der Waals surface area contributed by atoms with Gasteiger partial charge in [0, 0.05) is 18.2 Å². The Morgan fingerprint density at radius 1 is 1.00 bits per heavy atom. The zero-order valence-electron chi connectivity index (χ0n) is 17.8. The fraction of sp³-hybridized carbons (Fsp3) is 0.545. The van der Waals surface area contributed by atoms with Crippen molar-refractivity contribution < 1.29 is 28.7 Å². The molecule has 31 heavy (non-hydrogen) atoms. The average Bonchev–Trinajstić information content (AvgIpc) is 3.51. The molecule has 0 unspecified atom stereocenters. The molecule has 1 saturated carbocycles. The lowest BCUT2D eigenvalue weighted by Crippen LogP contribution is -2.44. The van der Waals surface area contributed by atoms with Crippen LogP contribution in [0.2, 0.25) is 0 Å². The van der Waals surface area contributed by atoms with E-state index < -0.39 is 24.4 Å². The van der Waals surface area contributed by atoms with E-state index in [1.54, 1.807) is 31.3 Å². The summed E-state index contributed by atoms with van der Waals surface area (Å²) in [5, 5.41) is 0. The summed E-state index contributed by atoms with van der Waals surface area (Å²) < 4.78 is 10.8. The predicted molar refractivity (Wildman–Crippen MR) is 109 cm³/mol. The first-order valence-electron chi connectivity index (χ1n) is 10.7. The smallest absolute Gasteiger partial charge is 0.334 e. The Morgan fingerprint density at radius 2 is 1.74 bits per heavy atom. The number of benzene rings is 1. The van der Waals surface area contributed by atoms with Crippen molar-refractivity contribution >= 4 is 23.8 Å². The maximum Gasteiger partial charge on any atom is 0.334 e. The van der Waals surface area contributed by atoms with Crippen LogP contribution in [0.25, 0.3) is 0 Å². The summed E-state index contributed by atoms with van der Waals surface area (Å²) >= 11 is 0. The van der Waals surface area contributed by atoms with E-state index in [2.05, 4.69) is 0 Å². The number of urea groups is 1. The highest BCUT2D eigenvalue weighted by atomic mass is 16.5. The standard InChI is InChI=1S/C22H27N3O6/c1-30-15-9-10-18(31-2)16(12-15)17-8-5-11-23(17)19(26)13-24-20(27)21(28)25(22(24)29)14-6-3-4-7-14/h9-10,12,14,17H,3-8,11,13H2,1-2H3/t17-/m1/s1. The highest BCUT2D eigenvalue weighted by Crippen LogP contribution is 2.39. The number of nitrogens with zero attached hydrogens (tertiary/aromatic N) is 3. The number of likely N-dealkylation sites (tertiary alicyclic amines) is 1. The third-order valence-electron chi connectivity index (χ3n) is 6.44. The van der Waals surface area contributed by atoms with Gasteiger partial charge in [-0.05, 0) is 43.9 Å². The van der Waals surface area contributed by atoms with E-state index in [0.29, 0.717) is 30.9 Å². The molecule has 1 aliphatic carbocycles. The van der Waals surface area contributed by atoms with Crippen LogP contribution >= 0.6 is 0 Å². The number of carbonyl (C=O) groups excluding carboxylic acids is 4. The molecule has 2 aliphatic heterocycles. The number of rotatable bonds is 6. The van der Waals surface area contributed by atoms with Crippen molar-refractivity contribution in [2.45, 2.75) is 50.6 Å². The second-order valence-electron chi connectivity index (χ2n) is 8.14. The molecule has 0 N–H and O–H groups in total. The monoisotopic (exact) mass is 429 g/mol. The first-order chi connectivity index (χ1) is 15.0. The molecule has 4 rings (SSSR count). The minimum absolute atomic E-state index is 0.246. The second-order valence-corrected chi connectivity index (χ2v) is 8.14. The molecule has 3 fully saturated rings. The Bertz CT molecular complexity index is 911. The van der Waals surface area contributed by atoms with Crippen LogP contribution < -0.4 is 9.47 Å². The van der Waals surface area contributed by atoms with E-state index in [1.807, 2.05) is 6.07 Å². The van der Waals surface area contributed by atoms with Gasteiger partial charge in [0.05, 0.1) is 20.3 Å². The summed E-state index contributed by atoms with van der Waals surface area (Å²) in [7, 11) is 3.14. The van der Waals surface area contributed by atoms with Crippen LogP contribution in [-0.4, -0.2) is 71.8 Å². The minimum Gasteiger partial charge on any atom is -0.497 e. The molecule has 1 atom stereocenters. The van der Waals surface area contributed by atoms with Crippen molar-refractivity contribution in [1.82, 2.24) is 14.7 Å². The molecule has 9 nitrogen and oxygen atoms in total. The Hall–Kier alpha value is -3.10. The SMILES string of the molecule is COc1ccc(OC)c([C@H]2CCCN2C(=O)CN2C(=O)C(=O)N(C3CCCC3)C2=O)c1. The molecule has 0 bridgehead atoms. The van der Waals surface area contributed by atoms with Crippen LogP contribution in [0.5, 0.6) is 11.5 Å². The first-order valence-corrected chi connectivity index (χ1v) is 10.7. The van der Waals surface area contributed by atoms with E-state index in [-0.39, 0.29) is 18.0 Å². The summed E-state index contributed by atoms with van der Waals surface area (Å²) in [6, 6.07) is 4.24. The number of imide groups is 2. The van der Waals surface area contributed by atoms with Crippen LogP contribution in [0.4, 0.5) is 4.79 Å². The molecule has 5 amide bonds. The zero-order valence-corrected chi connectivity index (χ0v) is 17.8. The van der Waals surface area contributed by atoms with Crippen molar-refractivity contribution in [3.8, 4) is 11.5 Å². The predicted octanol–water partition coefficient (Wildman–Crippen LogP) is 2.10. The van der Waals surface area contributed by atoms with Gasteiger partial charge in [-0.3, -0.25) is 19.3 Å². The molecule has 1 aromatic rings. The van der Waals surface area contributed by atoms with Gasteiger partial charge in [-0.2, -0.15) is 0 Å². The number of hydrogen-bond acceptors (Lipinski definition) is 6. The maximum absolute atomic E-state index is 13.1. The molecular formula is C22H27N3O6. The van der Waals surface area contributed by atoms with Crippen molar-refractivity contribution in [2.75, 3.05) is 27.3 Å². The highest BCUT2D eigenvalue weighted by molar-refractivity contribution is 6.45. The van der Waals surface area contributed by atoms with Gasteiger partial charge in [0.2, 0.25) is 5.91 Å². The molecule has 2 heterocycles. The Morgan fingerprint density at radius 3 is 2.42 bits per heavy atom. The van der Waals surface area contributed by atoms with E-state index >= 15 is 0 Å². The lowest BCUT2D eigenvalue weighted by molar-refractivity contribution is -0.145. The minimum atomic E-state index is -0.917.